The van der Waals surface area contributed by atoms with E-state index in [1.54, 1.807) is 6.92 Å². The van der Waals surface area contributed by atoms with Gasteiger partial charge in [-0.05, 0) is 25.0 Å². The number of amides is 1. The molecule has 128 valence electrons. The van der Waals surface area contributed by atoms with Gasteiger partial charge in [0, 0.05) is 33.1 Å². The molecule has 1 unspecified atom stereocenters. The molecule has 2 heterocycles. The van der Waals surface area contributed by atoms with Gasteiger partial charge in [0.1, 0.15) is 0 Å². The highest BCUT2D eigenvalue weighted by Crippen LogP contribution is 2.20. The molecule has 0 bridgehead atoms. The minimum absolute atomic E-state index is 0.0832. The summed E-state index contributed by atoms with van der Waals surface area (Å²) in [7, 11) is 0. The van der Waals surface area contributed by atoms with Gasteiger partial charge in [-0.3, -0.25) is 9.69 Å². The number of carbonyl (C=O) groups is 1. The van der Waals surface area contributed by atoms with Crippen LogP contribution in [-0.4, -0.2) is 52.1 Å². The summed E-state index contributed by atoms with van der Waals surface area (Å²) in [5, 5.41) is 7.99. The monoisotopic (exact) mass is 328 g/mol. The minimum atomic E-state index is 0.0832. The number of aryl methyl sites for hydroxylation is 2. The van der Waals surface area contributed by atoms with Crippen molar-refractivity contribution in [2.45, 2.75) is 33.2 Å². The standard InChI is InChI=1S/C18H24N4O2/c1-13-6-4-5-7-16(13)12-17(23)22-10-8-21(9-11-22)14(2)18-20-19-15(3)24-18/h4-7,14H,8-12H2,1-3H3. The summed E-state index contributed by atoms with van der Waals surface area (Å²) >= 11 is 0. The summed E-state index contributed by atoms with van der Waals surface area (Å²) in [6.45, 7) is 9.03. The average molecular weight is 328 g/mol. The van der Waals surface area contributed by atoms with Crippen LogP contribution >= 0.6 is 0 Å². The zero-order valence-electron chi connectivity index (χ0n) is 14.5. The van der Waals surface area contributed by atoms with Gasteiger partial charge >= 0.3 is 0 Å². The predicted octanol–water partition coefficient (Wildman–Crippen LogP) is 2.13. The van der Waals surface area contributed by atoms with Crippen molar-refractivity contribution < 1.29 is 9.21 Å². The maximum Gasteiger partial charge on any atom is 0.233 e. The maximum atomic E-state index is 12.5. The van der Waals surface area contributed by atoms with E-state index < -0.39 is 0 Å². The van der Waals surface area contributed by atoms with Crippen LogP contribution in [0.25, 0.3) is 0 Å². The van der Waals surface area contributed by atoms with Gasteiger partial charge in [0.15, 0.2) is 0 Å². The lowest BCUT2D eigenvalue weighted by Gasteiger charge is -2.37. The largest absolute Gasteiger partial charge is 0.424 e. The van der Waals surface area contributed by atoms with Crippen molar-refractivity contribution >= 4 is 5.91 Å². The minimum Gasteiger partial charge on any atom is -0.424 e. The van der Waals surface area contributed by atoms with Crippen molar-refractivity contribution in [3.63, 3.8) is 0 Å². The third-order valence-electron chi connectivity index (χ3n) is 4.72. The van der Waals surface area contributed by atoms with E-state index in [1.807, 2.05) is 23.1 Å². The lowest BCUT2D eigenvalue weighted by Crippen LogP contribution is -2.49. The third-order valence-corrected chi connectivity index (χ3v) is 4.72. The SMILES string of the molecule is Cc1nnc(C(C)N2CCN(C(=O)Cc3ccccc3C)CC2)o1. The van der Waals surface area contributed by atoms with Crippen LogP contribution in [0.3, 0.4) is 0 Å². The Kier molecular flexibility index (Phi) is 4.94. The number of hydrogen-bond acceptors (Lipinski definition) is 5. The number of hydrogen-bond donors (Lipinski definition) is 0. The summed E-state index contributed by atoms with van der Waals surface area (Å²) in [5.41, 5.74) is 2.28. The van der Waals surface area contributed by atoms with E-state index in [1.165, 1.54) is 5.56 Å². The number of piperazine rings is 1. The number of benzene rings is 1. The molecule has 1 aliphatic heterocycles. The Morgan fingerprint density at radius 2 is 1.88 bits per heavy atom. The highest BCUT2D eigenvalue weighted by molar-refractivity contribution is 5.79. The number of rotatable bonds is 4. The lowest BCUT2D eigenvalue weighted by atomic mass is 10.1. The molecule has 1 saturated heterocycles. The van der Waals surface area contributed by atoms with Gasteiger partial charge in [-0.25, -0.2) is 0 Å². The highest BCUT2D eigenvalue weighted by Gasteiger charge is 2.27. The average Bonchev–Trinajstić information content (AvgIpc) is 3.03. The number of nitrogens with zero attached hydrogens (tertiary/aromatic N) is 4. The van der Waals surface area contributed by atoms with Crippen molar-refractivity contribution in [2.75, 3.05) is 26.2 Å². The first-order valence-corrected chi connectivity index (χ1v) is 8.41. The topological polar surface area (TPSA) is 62.5 Å². The molecule has 2 aromatic rings. The molecule has 0 spiro atoms. The van der Waals surface area contributed by atoms with Crippen LogP contribution in [0.1, 0.15) is 35.9 Å². The van der Waals surface area contributed by atoms with Crippen LogP contribution in [0.2, 0.25) is 0 Å². The fourth-order valence-electron chi connectivity index (χ4n) is 3.08. The highest BCUT2D eigenvalue weighted by atomic mass is 16.4. The fraction of sp³-hybridized carbons (Fsp3) is 0.500. The molecule has 0 N–H and O–H groups in total. The van der Waals surface area contributed by atoms with E-state index >= 15 is 0 Å². The summed E-state index contributed by atoms with van der Waals surface area (Å²) in [4.78, 5) is 16.8. The molecule has 6 heteroatoms. The first-order chi connectivity index (χ1) is 11.5. The van der Waals surface area contributed by atoms with E-state index in [2.05, 4.69) is 35.0 Å². The zero-order valence-corrected chi connectivity index (χ0v) is 14.5. The quantitative estimate of drug-likeness (QED) is 0.860. The van der Waals surface area contributed by atoms with Crippen LogP contribution in [0, 0.1) is 13.8 Å². The summed E-state index contributed by atoms with van der Waals surface area (Å²) < 4.78 is 5.52. The van der Waals surface area contributed by atoms with Crippen LogP contribution < -0.4 is 0 Å². The van der Waals surface area contributed by atoms with E-state index in [0.717, 1.165) is 31.7 Å². The van der Waals surface area contributed by atoms with Gasteiger partial charge in [0.25, 0.3) is 0 Å². The van der Waals surface area contributed by atoms with Gasteiger partial charge in [0.2, 0.25) is 17.7 Å². The molecule has 1 aromatic heterocycles. The van der Waals surface area contributed by atoms with Crippen LogP contribution in [0.15, 0.2) is 28.7 Å². The van der Waals surface area contributed by atoms with Crippen molar-refractivity contribution in [1.29, 1.82) is 0 Å². The van der Waals surface area contributed by atoms with E-state index in [-0.39, 0.29) is 11.9 Å². The number of aromatic nitrogens is 2. The van der Waals surface area contributed by atoms with Gasteiger partial charge in [-0.15, -0.1) is 10.2 Å². The molecule has 0 radical (unpaired) electrons. The molecule has 3 rings (SSSR count). The van der Waals surface area contributed by atoms with Gasteiger partial charge in [-0.1, -0.05) is 24.3 Å². The second-order valence-corrected chi connectivity index (χ2v) is 6.36. The third kappa shape index (κ3) is 3.64. The van der Waals surface area contributed by atoms with Crippen molar-refractivity contribution in [1.82, 2.24) is 20.0 Å². The van der Waals surface area contributed by atoms with Crippen molar-refractivity contribution in [3.8, 4) is 0 Å². The molecule has 0 aliphatic carbocycles. The Labute approximate surface area is 142 Å². The molecule has 24 heavy (non-hydrogen) atoms. The summed E-state index contributed by atoms with van der Waals surface area (Å²) in [6, 6.07) is 8.16. The Bertz CT molecular complexity index is 705. The van der Waals surface area contributed by atoms with Gasteiger partial charge in [0.05, 0.1) is 12.5 Å². The Morgan fingerprint density at radius 1 is 1.17 bits per heavy atom. The lowest BCUT2D eigenvalue weighted by molar-refractivity contribution is -0.132. The summed E-state index contributed by atoms with van der Waals surface area (Å²) in [5.74, 6) is 1.43. The van der Waals surface area contributed by atoms with E-state index in [9.17, 15) is 4.79 Å². The molecule has 1 fully saturated rings. The molecule has 1 amide bonds. The van der Waals surface area contributed by atoms with Crippen molar-refractivity contribution in [2.24, 2.45) is 0 Å². The second kappa shape index (κ2) is 7.13. The van der Waals surface area contributed by atoms with E-state index in [0.29, 0.717) is 18.2 Å². The molecule has 1 aliphatic rings. The normalized spacial score (nSPS) is 17.0. The van der Waals surface area contributed by atoms with Crippen molar-refractivity contribution in [3.05, 3.63) is 47.2 Å². The molecule has 0 saturated carbocycles. The van der Waals surface area contributed by atoms with Crippen LogP contribution in [-0.2, 0) is 11.2 Å². The Balaban J connectivity index is 1.55. The molecule has 1 atom stereocenters. The maximum absolute atomic E-state index is 12.5. The molecule has 1 aromatic carbocycles. The first-order valence-electron chi connectivity index (χ1n) is 8.41. The molecule has 6 nitrogen and oxygen atoms in total. The Hall–Kier alpha value is -2.21. The zero-order chi connectivity index (χ0) is 17.1. The Morgan fingerprint density at radius 3 is 2.50 bits per heavy atom. The molecular formula is C18H24N4O2. The first kappa shape index (κ1) is 16.6. The van der Waals surface area contributed by atoms with Crippen LogP contribution in [0.4, 0.5) is 0 Å². The van der Waals surface area contributed by atoms with E-state index in [4.69, 9.17) is 4.42 Å². The molecular weight excluding hydrogens is 304 g/mol. The second-order valence-electron chi connectivity index (χ2n) is 6.36. The smallest absolute Gasteiger partial charge is 0.233 e. The summed E-state index contributed by atoms with van der Waals surface area (Å²) in [6.07, 6.45) is 0.477. The number of carbonyl (C=O) groups excluding carboxylic acids is 1. The van der Waals surface area contributed by atoms with Gasteiger partial charge in [-0.2, -0.15) is 0 Å². The van der Waals surface area contributed by atoms with Crippen LogP contribution in [0.5, 0.6) is 0 Å². The fourth-order valence-corrected chi connectivity index (χ4v) is 3.08. The predicted molar refractivity (Wildman–Crippen MR) is 90.5 cm³/mol. The van der Waals surface area contributed by atoms with Gasteiger partial charge < -0.3 is 9.32 Å².